The minimum atomic E-state index is -4.64. The zero-order valence-electron chi connectivity index (χ0n) is 22.7. The van der Waals surface area contributed by atoms with Gasteiger partial charge in [-0.05, 0) is 43.2 Å². The first-order chi connectivity index (χ1) is 18.0. The third-order valence-corrected chi connectivity index (χ3v) is 8.04. The summed E-state index contributed by atoms with van der Waals surface area (Å²) in [5, 5.41) is 12.5. The summed E-state index contributed by atoms with van der Waals surface area (Å²) in [7, 11) is -3.40. The summed E-state index contributed by atoms with van der Waals surface area (Å²) in [5.74, 6) is -0.160. The van der Waals surface area contributed by atoms with Crippen LogP contribution in [0.3, 0.4) is 0 Å². The van der Waals surface area contributed by atoms with Crippen LogP contribution < -0.4 is 5.32 Å². The molecule has 0 spiro atoms. The number of alkyl halides is 3. The standard InChI is InChI=1S/C27H33F3N4O4S/c1-7-39(37,38)21-11-10-20(31-14-21)13-32-24(36)23-16(2)34(25(33-23)26(4,5)6)15-19-9-8-18(17(3)35)12-22(19)27(28,29)30/h8-12,14,17,35H,7,13,15H2,1-6H3,(H,32,36). The average Bonchev–Trinajstić information content (AvgIpc) is 3.18. The van der Waals surface area contributed by atoms with Crippen molar-refractivity contribution in [2.24, 2.45) is 0 Å². The largest absolute Gasteiger partial charge is 0.416 e. The van der Waals surface area contributed by atoms with E-state index in [1.807, 2.05) is 20.8 Å². The number of benzene rings is 1. The van der Waals surface area contributed by atoms with Crippen molar-refractivity contribution < 1.29 is 31.5 Å². The molecule has 1 atom stereocenters. The number of aromatic nitrogens is 3. The minimum Gasteiger partial charge on any atom is -0.389 e. The lowest BCUT2D eigenvalue weighted by Crippen LogP contribution is -2.24. The molecule has 8 nitrogen and oxygen atoms in total. The fourth-order valence-corrected chi connectivity index (χ4v) is 4.88. The number of halogens is 3. The van der Waals surface area contributed by atoms with Crippen LogP contribution >= 0.6 is 0 Å². The number of imidazole rings is 1. The number of aliphatic hydroxyl groups is 1. The zero-order valence-corrected chi connectivity index (χ0v) is 23.5. The van der Waals surface area contributed by atoms with Gasteiger partial charge < -0.3 is 15.0 Å². The number of sulfone groups is 1. The second-order valence-electron chi connectivity index (χ2n) is 10.4. The van der Waals surface area contributed by atoms with Crippen molar-refractivity contribution >= 4 is 15.7 Å². The van der Waals surface area contributed by atoms with Gasteiger partial charge in [0.05, 0.1) is 34.6 Å². The molecule has 0 aliphatic heterocycles. The van der Waals surface area contributed by atoms with Gasteiger partial charge in [-0.2, -0.15) is 13.2 Å². The number of hydrogen-bond donors (Lipinski definition) is 2. The minimum absolute atomic E-state index is 0.00145. The number of aliphatic hydroxyl groups excluding tert-OH is 1. The van der Waals surface area contributed by atoms with Gasteiger partial charge >= 0.3 is 6.18 Å². The summed E-state index contributed by atoms with van der Waals surface area (Å²) in [5.41, 5.74) is -0.431. The molecule has 2 heterocycles. The summed E-state index contributed by atoms with van der Waals surface area (Å²) in [4.78, 5) is 21.8. The van der Waals surface area contributed by atoms with E-state index >= 15 is 0 Å². The van der Waals surface area contributed by atoms with E-state index in [1.54, 1.807) is 11.5 Å². The molecular formula is C27H33F3N4O4S. The highest BCUT2D eigenvalue weighted by Crippen LogP contribution is 2.35. The molecule has 3 aromatic rings. The Morgan fingerprint density at radius 3 is 2.33 bits per heavy atom. The fraction of sp³-hybridized carbons (Fsp3) is 0.444. The molecule has 39 heavy (non-hydrogen) atoms. The maximum absolute atomic E-state index is 13.9. The molecule has 0 bridgehead atoms. The van der Waals surface area contributed by atoms with Gasteiger partial charge in [0.1, 0.15) is 11.5 Å². The number of pyridine rings is 1. The highest BCUT2D eigenvalue weighted by Gasteiger charge is 2.35. The number of carbonyl (C=O) groups excluding carboxylic acids is 1. The zero-order chi connectivity index (χ0) is 29.3. The van der Waals surface area contributed by atoms with E-state index in [9.17, 15) is 31.5 Å². The van der Waals surface area contributed by atoms with E-state index in [-0.39, 0.29) is 40.6 Å². The monoisotopic (exact) mass is 566 g/mol. The Balaban J connectivity index is 1.93. The SMILES string of the molecule is CCS(=O)(=O)c1ccc(CNC(=O)c2nc(C(C)(C)C)n(Cc3ccc(C(C)O)cc3C(F)(F)F)c2C)nc1. The molecule has 0 aliphatic rings. The van der Waals surface area contributed by atoms with Gasteiger partial charge in [0.15, 0.2) is 9.84 Å². The quantitative estimate of drug-likeness (QED) is 0.408. The van der Waals surface area contributed by atoms with Gasteiger partial charge in [-0.1, -0.05) is 39.8 Å². The van der Waals surface area contributed by atoms with Crippen molar-refractivity contribution in [2.45, 2.75) is 77.2 Å². The maximum Gasteiger partial charge on any atom is 0.416 e. The number of rotatable bonds is 8. The molecule has 2 aromatic heterocycles. The molecule has 1 aromatic carbocycles. The van der Waals surface area contributed by atoms with Gasteiger partial charge in [0.2, 0.25) is 0 Å². The van der Waals surface area contributed by atoms with Gasteiger partial charge in [-0.25, -0.2) is 13.4 Å². The fourth-order valence-electron chi connectivity index (χ4n) is 4.06. The molecule has 212 valence electrons. The smallest absolute Gasteiger partial charge is 0.389 e. The average molecular weight is 567 g/mol. The number of nitrogens with zero attached hydrogens (tertiary/aromatic N) is 3. The summed E-state index contributed by atoms with van der Waals surface area (Å²) >= 11 is 0. The molecule has 12 heteroatoms. The number of nitrogens with one attached hydrogen (secondary N) is 1. The van der Waals surface area contributed by atoms with Gasteiger partial charge in [0.25, 0.3) is 5.91 Å². The Labute approximate surface area is 226 Å². The van der Waals surface area contributed by atoms with Crippen molar-refractivity contribution in [2.75, 3.05) is 5.75 Å². The van der Waals surface area contributed by atoms with Gasteiger partial charge in [-0.3, -0.25) is 9.78 Å². The highest BCUT2D eigenvalue weighted by atomic mass is 32.2. The third-order valence-electron chi connectivity index (χ3n) is 6.32. The Morgan fingerprint density at radius 1 is 1.15 bits per heavy atom. The lowest BCUT2D eigenvalue weighted by atomic mass is 9.95. The molecule has 0 radical (unpaired) electrons. The summed E-state index contributed by atoms with van der Waals surface area (Å²) in [6.45, 7) is 9.93. The topological polar surface area (TPSA) is 114 Å². The lowest BCUT2D eigenvalue weighted by molar-refractivity contribution is -0.138. The van der Waals surface area contributed by atoms with Crippen LogP contribution in [0.25, 0.3) is 0 Å². The Kier molecular flexibility index (Phi) is 8.61. The second kappa shape index (κ2) is 11.1. The van der Waals surface area contributed by atoms with E-state index in [4.69, 9.17) is 0 Å². The molecule has 0 fully saturated rings. The van der Waals surface area contributed by atoms with Crippen molar-refractivity contribution in [3.63, 3.8) is 0 Å². The van der Waals surface area contributed by atoms with Crippen LogP contribution in [0.4, 0.5) is 13.2 Å². The molecule has 1 unspecified atom stereocenters. The predicted molar refractivity (Wildman–Crippen MR) is 140 cm³/mol. The highest BCUT2D eigenvalue weighted by molar-refractivity contribution is 7.91. The van der Waals surface area contributed by atoms with Crippen LogP contribution in [-0.2, 0) is 34.5 Å². The van der Waals surface area contributed by atoms with E-state index in [1.165, 1.54) is 44.3 Å². The summed E-state index contributed by atoms with van der Waals surface area (Å²) in [6.07, 6.45) is -4.47. The molecule has 2 N–H and O–H groups in total. The predicted octanol–water partition coefficient (Wildman–Crippen LogP) is 4.73. The molecule has 0 saturated carbocycles. The molecular weight excluding hydrogens is 533 g/mol. The van der Waals surface area contributed by atoms with Crippen molar-refractivity contribution in [1.29, 1.82) is 0 Å². The van der Waals surface area contributed by atoms with Gasteiger partial charge in [0, 0.05) is 23.9 Å². The molecule has 3 rings (SSSR count). The normalized spacial score (nSPS) is 13.4. The van der Waals surface area contributed by atoms with Crippen LogP contribution in [0.5, 0.6) is 0 Å². The van der Waals surface area contributed by atoms with Crippen LogP contribution in [0.15, 0.2) is 41.4 Å². The van der Waals surface area contributed by atoms with E-state index in [2.05, 4.69) is 15.3 Å². The first-order valence-electron chi connectivity index (χ1n) is 12.4. The maximum atomic E-state index is 13.9. The van der Waals surface area contributed by atoms with Crippen molar-refractivity contribution in [3.05, 3.63) is 76.1 Å². The Morgan fingerprint density at radius 2 is 1.82 bits per heavy atom. The number of amides is 1. The molecule has 0 aliphatic carbocycles. The third kappa shape index (κ3) is 6.85. The van der Waals surface area contributed by atoms with Crippen LogP contribution in [-0.4, -0.2) is 39.7 Å². The summed E-state index contributed by atoms with van der Waals surface area (Å²) < 4.78 is 67.3. The van der Waals surface area contributed by atoms with Crippen LogP contribution in [0.2, 0.25) is 0 Å². The van der Waals surface area contributed by atoms with E-state index in [0.717, 1.165) is 6.07 Å². The first-order valence-corrected chi connectivity index (χ1v) is 14.0. The van der Waals surface area contributed by atoms with Crippen molar-refractivity contribution in [1.82, 2.24) is 19.9 Å². The van der Waals surface area contributed by atoms with Gasteiger partial charge in [-0.15, -0.1) is 0 Å². The second-order valence-corrected chi connectivity index (χ2v) is 12.6. The van der Waals surface area contributed by atoms with Crippen LogP contribution in [0, 0.1) is 6.92 Å². The Bertz CT molecular complexity index is 1460. The van der Waals surface area contributed by atoms with E-state index in [0.29, 0.717) is 17.2 Å². The first kappa shape index (κ1) is 30.3. The number of hydrogen-bond acceptors (Lipinski definition) is 6. The van der Waals surface area contributed by atoms with E-state index < -0.39 is 39.0 Å². The molecule has 1 amide bonds. The number of carbonyl (C=O) groups is 1. The Hall–Kier alpha value is -3.25. The van der Waals surface area contributed by atoms with Crippen molar-refractivity contribution in [3.8, 4) is 0 Å². The summed E-state index contributed by atoms with van der Waals surface area (Å²) in [6, 6.07) is 6.66. The lowest BCUT2D eigenvalue weighted by Gasteiger charge is -2.22. The molecule has 0 saturated heterocycles. The van der Waals surface area contributed by atoms with Crippen LogP contribution in [0.1, 0.15) is 85.1 Å².